The van der Waals surface area contributed by atoms with E-state index in [9.17, 15) is 27.6 Å². The van der Waals surface area contributed by atoms with E-state index < -0.39 is 35.5 Å². The number of nitrogens with two attached hydrogens (primary N) is 1. The number of ether oxygens (including phenoxy) is 2. The molecule has 0 spiro atoms. The third-order valence-electron chi connectivity index (χ3n) is 5.32. The van der Waals surface area contributed by atoms with Gasteiger partial charge in [-0.15, -0.1) is 12.4 Å². The minimum atomic E-state index is -4.59. The Morgan fingerprint density at radius 2 is 1.91 bits per heavy atom. The summed E-state index contributed by atoms with van der Waals surface area (Å²) in [4.78, 5) is 40.3. The number of carbonyl (C=O) groups is 2. The van der Waals surface area contributed by atoms with Gasteiger partial charge in [-0.1, -0.05) is 24.3 Å². The summed E-state index contributed by atoms with van der Waals surface area (Å²) in [5, 5.41) is 0.593. The lowest BCUT2D eigenvalue weighted by Crippen LogP contribution is -2.27. The van der Waals surface area contributed by atoms with Crippen molar-refractivity contribution in [3.8, 4) is 11.3 Å². The number of rotatable bonds is 6. The second kappa shape index (κ2) is 10.4. The monoisotopic (exact) mass is 511 g/mol. The summed E-state index contributed by atoms with van der Waals surface area (Å²) in [6.45, 7) is 0.108. The highest BCUT2D eigenvalue weighted by molar-refractivity contribution is 5.94. The largest absolute Gasteiger partial charge is 0.462 e. The number of alkyl halides is 3. The summed E-state index contributed by atoms with van der Waals surface area (Å²) in [5.41, 5.74) is 4.06. The summed E-state index contributed by atoms with van der Waals surface area (Å²) in [5.74, 6) is -0.503. The zero-order chi connectivity index (χ0) is 24.5. The Morgan fingerprint density at radius 1 is 1.17 bits per heavy atom. The van der Waals surface area contributed by atoms with Crippen molar-refractivity contribution in [2.24, 2.45) is 5.73 Å². The number of amides is 1. The summed E-state index contributed by atoms with van der Waals surface area (Å²) >= 11 is 0. The fourth-order valence-electron chi connectivity index (χ4n) is 3.72. The Hall–Kier alpha value is -3.57. The topological polar surface area (TPSA) is 115 Å². The molecule has 3 aromatic rings. The van der Waals surface area contributed by atoms with Crippen molar-refractivity contribution in [1.29, 1.82) is 0 Å². The number of halogens is 4. The second-order valence-electron chi connectivity index (χ2n) is 7.67. The van der Waals surface area contributed by atoms with Gasteiger partial charge < -0.3 is 20.2 Å². The number of aromatic nitrogens is 1. The number of hydrogen-bond donors (Lipinski definition) is 2. The first-order valence-corrected chi connectivity index (χ1v) is 10.3. The van der Waals surface area contributed by atoms with E-state index in [1.54, 1.807) is 12.1 Å². The van der Waals surface area contributed by atoms with Gasteiger partial charge in [0.05, 0.1) is 18.5 Å². The normalized spacial score (nSPS) is 15.6. The molecule has 1 fully saturated rings. The molecule has 0 saturated carbocycles. The van der Waals surface area contributed by atoms with E-state index in [1.807, 2.05) is 0 Å². The number of anilines is 1. The number of carbonyl (C=O) groups excluding carboxylic acids is 2. The van der Waals surface area contributed by atoms with Crippen molar-refractivity contribution >= 4 is 40.9 Å². The van der Waals surface area contributed by atoms with Crippen LogP contribution in [0.5, 0.6) is 0 Å². The first kappa shape index (κ1) is 26.0. The van der Waals surface area contributed by atoms with Crippen LogP contribution in [-0.2, 0) is 20.4 Å². The molecule has 0 aliphatic carbocycles. The highest BCUT2D eigenvalue weighted by atomic mass is 35.5. The Morgan fingerprint density at radius 3 is 2.63 bits per heavy atom. The molecule has 8 nitrogen and oxygen atoms in total. The standard InChI is InChI=1S/C23H20F3N3O5.ClH/c24-23(25,26)18-4-2-1-3-16(18)19-9-13-5-6-14(10-17(13)21(31)28-19)29-11-15(34-22(29)32)12-33-20(30)7-8-27;/h1-6,9-10,15H,7-8,11-12,27H2,(H,28,31);1H. The maximum Gasteiger partial charge on any atom is 0.417 e. The van der Waals surface area contributed by atoms with Crippen LogP contribution in [0, 0.1) is 0 Å². The van der Waals surface area contributed by atoms with Crippen molar-refractivity contribution < 1.29 is 32.2 Å². The number of hydrogen-bond acceptors (Lipinski definition) is 6. The summed E-state index contributed by atoms with van der Waals surface area (Å²) in [6.07, 6.45) is -5.90. The van der Waals surface area contributed by atoms with Crippen LogP contribution in [-0.4, -0.2) is 42.8 Å². The van der Waals surface area contributed by atoms with Gasteiger partial charge in [0.25, 0.3) is 5.56 Å². The van der Waals surface area contributed by atoms with Gasteiger partial charge in [-0.25, -0.2) is 4.79 Å². The SMILES string of the molecule is Cl.NCCC(=O)OCC1CN(c2ccc3cc(-c4ccccc4C(F)(F)F)[nH]c(=O)c3c2)C(=O)O1. The molecular weight excluding hydrogens is 491 g/mol. The van der Waals surface area contributed by atoms with E-state index >= 15 is 0 Å². The number of fused-ring (bicyclic) bond motifs is 1. The third-order valence-corrected chi connectivity index (χ3v) is 5.32. The van der Waals surface area contributed by atoms with Crippen LogP contribution < -0.4 is 16.2 Å². The molecule has 1 aromatic heterocycles. The molecule has 2 heterocycles. The summed E-state index contributed by atoms with van der Waals surface area (Å²) in [6, 6.07) is 11.0. The lowest BCUT2D eigenvalue weighted by Gasteiger charge is -2.15. The number of esters is 1. The van der Waals surface area contributed by atoms with Crippen LogP contribution in [0.1, 0.15) is 12.0 Å². The number of pyridine rings is 1. The molecule has 0 radical (unpaired) electrons. The van der Waals surface area contributed by atoms with Crippen LogP contribution in [0.3, 0.4) is 0 Å². The van der Waals surface area contributed by atoms with Crippen molar-refractivity contribution in [3.63, 3.8) is 0 Å². The quantitative estimate of drug-likeness (QED) is 0.486. The van der Waals surface area contributed by atoms with E-state index in [2.05, 4.69) is 4.98 Å². The smallest absolute Gasteiger partial charge is 0.417 e. The molecule has 186 valence electrons. The molecule has 2 aromatic carbocycles. The molecule has 1 amide bonds. The molecule has 1 aliphatic heterocycles. The summed E-state index contributed by atoms with van der Waals surface area (Å²) < 4.78 is 50.4. The van der Waals surface area contributed by atoms with E-state index in [-0.39, 0.29) is 55.2 Å². The van der Waals surface area contributed by atoms with E-state index in [0.29, 0.717) is 11.1 Å². The van der Waals surface area contributed by atoms with Crippen LogP contribution in [0.2, 0.25) is 0 Å². The maximum absolute atomic E-state index is 13.4. The van der Waals surface area contributed by atoms with Crippen molar-refractivity contribution in [2.75, 3.05) is 24.6 Å². The fourth-order valence-corrected chi connectivity index (χ4v) is 3.72. The van der Waals surface area contributed by atoms with Gasteiger partial charge in [0, 0.05) is 28.9 Å². The lowest BCUT2D eigenvalue weighted by molar-refractivity contribution is -0.145. The molecule has 1 saturated heterocycles. The van der Waals surface area contributed by atoms with Gasteiger partial charge in [-0.3, -0.25) is 14.5 Å². The molecule has 1 unspecified atom stereocenters. The minimum Gasteiger partial charge on any atom is -0.462 e. The van der Waals surface area contributed by atoms with Gasteiger partial charge in [0.1, 0.15) is 6.61 Å². The Balaban J connectivity index is 0.00000342. The van der Waals surface area contributed by atoms with Crippen molar-refractivity contribution in [3.05, 3.63) is 64.4 Å². The molecule has 4 rings (SSSR count). The van der Waals surface area contributed by atoms with Gasteiger partial charge >= 0.3 is 18.2 Å². The molecule has 35 heavy (non-hydrogen) atoms. The maximum atomic E-state index is 13.4. The van der Waals surface area contributed by atoms with Crippen LogP contribution in [0.25, 0.3) is 22.0 Å². The first-order valence-electron chi connectivity index (χ1n) is 10.3. The Labute approximate surface area is 203 Å². The highest BCUT2D eigenvalue weighted by Crippen LogP contribution is 2.36. The van der Waals surface area contributed by atoms with Gasteiger partial charge in [-0.05, 0) is 29.7 Å². The molecule has 12 heteroatoms. The zero-order valence-electron chi connectivity index (χ0n) is 18.1. The third kappa shape index (κ3) is 5.57. The highest BCUT2D eigenvalue weighted by Gasteiger charge is 2.34. The number of nitrogens with one attached hydrogen (secondary N) is 1. The fraction of sp³-hybridized carbons (Fsp3) is 0.261. The predicted octanol–water partition coefficient (Wildman–Crippen LogP) is 3.85. The first-order chi connectivity index (χ1) is 16.2. The van der Waals surface area contributed by atoms with Crippen LogP contribution in [0.15, 0.2) is 53.3 Å². The average Bonchev–Trinajstić information content (AvgIpc) is 3.17. The zero-order valence-corrected chi connectivity index (χ0v) is 18.9. The molecule has 0 bridgehead atoms. The van der Waals surface area contributed by atoms with Gasteiger partial charge in [-0.2, -0.15) is 13.2 Å². The van der Waals surface area contributed by atoms with E-state index in [0.717, 1.165) is 6.07 Å². The number of benzene rings is 2. The molecule has 1 atom stereocenters. The number of cyclic esters (lactones) is 1. The van der Waals surface area contributed by atoms with Crippen molar-refractivity contribution in [2.45, 2.75) is 18.7 Å². The van der Waals surface area contributed by atoms with Gasteiger partial charge in [0.2, 0.25) is 0 Å². The average molecular weight is 512 g/mol. The predicted molar refractivity (Wildman–Crippen MR) is 125 cm³/mol. The van der Waals surface area contributed by atoms with E-state index in [1.165, 1.54) is 35.2 Å². The van der Waals surface area contributed by atoms with Crippen LogP contribution >= 0.6 is 12.4 Å². The lowest BCUT2D eigenvalue weighted by atomic mass is 10.0. The molecule has 1 aliphatic rings. The second-order valence-corrected chi connectivity index (χ2v) is 7.67. The molecule has 3 N–H and O–H groups in total. The Bertz CT molecular complexity index is 1310. The van der Waals surface area contributed by atoms with Gasteiger partial charge in [0.15, 0.2) is 6.10 Å². The Kier molecular flexibility index (Phi) is 7.71. The van der Waals surface area contributed by atoms with Crippen molar-refractivity contribution in [1.82, 2.24) is 4.98 Å². The molecular formula is C23H21ClF3N3O5. The van der Waals surface area contributed by atoms with Crippen LogP contribution in [0.4, 0.5) is 23.7 Å². The number of H-pyrrole nitrogens is 1. The van der Waals surface area contributed by atoms with E-state index in [4.69, 9.17) is 15.2 Å². The minimum absolute atomic E-state index is 0. The number of aromatic amines is 1. The summed E-state index contributed by atoms with van der Waals surface area (Å²) in [7, 11) is 0. The number of nitrogens with zero attached hydrogens (tertiary/aromatic N) is 1.